The van der Waals surface area contributed by atoms with Crippen LogP contribution < -0.4 is 14.8 Å². The molecule has 1 aromatic rings. The molecule has 1 fully saturated rings. The van der Waals surface area contributed by atoms with Crippen LogP contribution in [-0.4, -0.2) is 32.4 Å². The van der Waals surface area contributed by atoms with E-state index in [0.717, 1.165) is 50.7 Å². The van der Waals surface area contributed by atoms with Crippen LogP contribution >= 0.6 is 0 Å². The van der Waals surface area contributed by atoms with Gasteiger partial charge in [0.2, 0.25) is 0 Å². The second-order valence-electron chi connectivity index (χ2n) is 6.16. The third-order valence-electron chi connectivity index (χ3n) is 4.10. The van der Waals surface area contributed by atoms with Crippen LogP contribution in [0.15, 0.2) is 18.2 Å². The summed E-state index contributed by atoms with van der Waals surface area (Å²) < 4.78 is 17.4. The van der Waals surface area contributed by atoms with Gasteiger partial charge in [-0.2, -0.15) is 0 Å². The zero-order valence-corrected chi connectivity index (χ0v) is 12.9. The molecule has 2 aliphatic rings. The molecule has 116 valence electrons. The van der Waals surface area contributed by atoms with Crippen LogP contribution in [0.4, 0.5) is 0 Å². The van der Waals surface area contributed by atoms with Crippen molar-refractivity contribution in [1.82, 2.24) is 5.32 Å². The summed E-state index contributed by atoms with van der Waals surface area (Å²) in [7, 11) is 0. The molecule has 1 saturated heterocycles. The van der Waals surface area contributed by atoms with Gasteiger partial charge in [-0.05, 0) is 24.1 Å². The summed E-state index contributed by atoms with van der Waals surface area (Å²) in [5.74, 6) is 2.24. The van der Waals surface area contributed by atoms with Crippen LogP contribution in [0, 0.1) is 5.92 Å². The molecule has 21 heavy (non-hydrogen) atoms. The zero-order valence-electron chi connectivity index (χ0n) is 12.9. The predicted molar refractivity (Wildman–Crippen MR) is 82.0 cm³/mol. The smallest absolute Gasteiger partial charge is 0.161 e. The van der Waals surface area contributed by atoms with Crippen LogP contribution in [0.5, 0.6) is 11.5 Å². The van der Waals surface area contributed by atoms with E-state index in [1.54, 1.807) is 0 Å². The fraction of sp³-hybridized carbons (Fsp3) is 0.647. The molecule has 1 N–H and O–H groups in total. The van der Waals surface area contributed by atoms with E-state index in [1.807, 2.05) is 6.07 Å². The van der Waals surface area contributed by atoms with Gasteiger partial charge in [0.1, 0.15) is 0 Å². The summed E-state index contributed by atoms with van der Waals surface area (Å²) in [6.07, 6.45) is 2.21. The van der Waals surface area contributed by atoms with Gasteiger partial charge in [-0.15, -0.1) is 0 Å². The normalized spacial score (nSPS) is 25.1. The summed E-state index contributed by atoms with van der Waals surface area (Å²) in [6.45, 7) is 7.64. The molecule has 0 aromatic heterocycles. The number of rotatable bonds is 4. The van der Waals surface area contributed by atoms with Crippen molar-refractivity contribution in [2.75, 3.05) is 26.4 Å². The Morgan fingerprint density at radius 1 is 1.14 bits per heavy atom. The number of fused-ring (bicyclic) bond motifs is 1. The number of benzene rings is 1. The van der Waals surface area contributed by atoms with Crippen molar-refractivity contribution in [3.05, 3.63) is 23.8 Å². The minimum absolute atomic E-state index is 0.161. The Balaban J connectivity index is 1.74. The minimum Gasteiger partial charge on any atom is -0.490 e. The molecule has 2 aliphatic heterocycles. The number of nitrogens with one attached hydrogen (secondary N) is 1. The molecule has 0 aliphatic carbocycles. The largest absolute Gasteiger partial charge is 0.490 e. The summed E-state index contributed by atoms with van der Waals surface area (Å²) in [5.41, 5.74) is 1.20. The van der Waals surface area contributed by atoms with E-state index in [1.165, 1.54) is 5.56 Å². The van der Waals surface area contributed by atoms with Gasteiger partial charge in [0, 0.05) is 31.5 Å². The SMILES string of the molecule is CC(C)NCC1CCOC1c1ccc2c(c1)OCCCO2. The molecule has 0 bridgehead atoms. The van der Waals surface area contributed by atoms with E-state index in [4.69, 9.17) is 14.2 Å². The van der Waals surface area contributed by atoms with E-state index >= 15 is 0 Å². The molecule has 2 unspecified atom stereocenters. The molecule has 0 amide bonds. The van der Waals surface area contributed by atoms with Gasteiger partial charge in [-0.3, -0.25) is 0 Å². The first-order chi connectivity index (χ1) is 10.2. The van der Waals surface area contributed by atoms with E-state index < -0.39 is 0 Å². The average Bonchev–Trinajstić information content (AvgIpc) is 2.82. The standard InChI is InChI=1S/C17H25NO3/c1-12(2)18-11-14-6-9-21-17(14)13-4-5-15-16(10-13)20-8-3-7-19-15/h4-5,10,12,14,17-18H,3,6-9,11H2,1-2H3. The highest BCUT2D eigenvalue weighted by Crippen LogP contribution is 2.39. The fourth-order valence-corrected chi connectivity index (χ4v) is 2.96. The fourth-order valence-electron chi connectivity index (χ4n) is 2.96. The Labute approximate surface area is 126 Å². The lowest BCUT2D eigenvalue weighted by molar-refractivity contribution is 0.0898. The Hall–Kier alpha value is -1.26. The molecule has 4 nitrogen and oxygen atoms in total. The summed E-state index contributed by atoms with van der Waals surface area (Å²) in [5, 5.41) is 3.52. The van der Waals surface area contributed by atoms with E-state index in [2.05, 4.69) is 31.3 Å². The van der Waals surface area contributed by atoms with Crippen LogP contribution in [0.1, 0.15) is 38.4 Å². The number of hydrogen-bond donors (Lipinski definition) is 1. The Bertz CT molecular complexity index is 475. The van der Waals surface area contributed by atoms with Crippen molar-refractivity contribution >= 4 is 0 Å². The highest BCUT2D eigenvalue weighted by atomic mass is 16.5. The van der Waals surface area contributed by atoms with Crippen molar-refractivity contribution in [2.24, 2.45) is 5.92 Å². The van der Waals surface area contributed by atoms with E-state index in [9.17, 15) is 0 Å². The van der Waals surface area contributed by atoms with Crippen molar-refractivity contribution in [2.45, 2.75) is 38.8 Å². The first kappa shape index (κ1) is 14.7. The lowest BCUT2D eigenvalue weighted by Gasteiger charge is -2.21. The highest BCUT2D eigenvalue weighted by molar-refractivity contribution is 5.44. The van der Waals surface area contributed by atoms with Crippen molar-refractivity contribution in [1.29, 1.82) is 0 Å². The lowest BCUT2D eigenvalue weighted by atomic mass is 9.94. The zero-order chi connectivity index (χ0) is 14.7. The second kappa shape index (κ2) is 6.67. The molecule has 0 radical (unpaired) electrons. The molecule has 1 aromatic carbocycles. The van der Waals surface area contributed by atoms with Gasteiger partial charge in [0.05, 0.1) is 19.3 Å². The summed E-state index contributed by atoms with van der Waals surface area (Å²) >= 11 is 0. The molecule has 0 saturated carbocycles. The van der Waals surface area contributed by atoms with Crippen molar-refractivity contribution in [3.63, 3.8) is 0 Å². The topological polar surface area (TPSA) is 39.7 Å². The molecular formula is C17H25NO3. The molecule has 4 heteroatoms. The van der Waals surface area contributed by atoms with Gasteiger partial charge in [-0.25, -0.2) is 0 Å². The number of hydrogen-bond acceptors (Lipinski definition) is 4. The molecule has 2 atom stereocenters. The summed E-state index contributed by atoms with van der Waals surface area (Å²) in [4.78, 5) is 0. The van der Waals surface area contributed by atoms with Gasteiger partial charge in [0.25, 0.3) is 0 Å². The van der Waals surface area contributed by atoms with Crippen LogP contribution in [0.25, 0.3) is 0 Å². The monoisotopic (exact) mass is 291 g/mol. The minimum atomic E-state index is 0.161. The maximum atomic E-state index is 5.97. The second-order valence-corrected chi connectivity index (χ2v) is 6.16. The van der Waals surface area contributed by atoms with Gasteiger partial charge < -0.3 is 19.5 Å². The maximum Gasteiger partial charge on any atom is 0.161 e. The predicted octanol–water partition coefficient (Wildman–Crippen LogP) is 2.92. The first-order valence-electron chi connectivity index (χ1n) is 7.98. The summed E-state index contributed by atoms with van der Waals surface area (Å²) in [6, 6.07) is 6.74. The Kier molecular flexibility index (Phi) is 4.66. The Morgan fingerprint density at radius 3 is 2.76 bits per heavy atom. The van der Waals surface area contributed by atoms with Crippen LogP contribution in [-0.2, 0) is 4.74 Å². The lowest BCUT2D eigenvalue weighted by Crippen LogP contribution is -2.30. The van der Waals surface area contributed by atoms with Gasteiger partial charge in [-0.1, -0.05) is 19.9 Å². The van der Waals surface area contributed by atoms with E-state index in [0.29, 0.717) is 12.0 Å². The van der Waals surface area contributed by atoms with Crippen molar-refractivity contribution < 1.29 is 14.2 Å². The molecular weight excluding hydrogens is 266 g/mol. The van der Waals surface area contributed by atoms with Gasteiger partial charge in [0.15, 0.2) is 11.5 Å². The number of ether oxygens (including phenoxy) is 3. The molecule has 0 spiro atoms. The average molecular weight is 291 g/mol. The van der Waals surface area contributed by atoms with Crippen molar-refractivity contribution in [3.8, 4) is 11.5 Å². The van der Waals surface area contributed by atoms with Crippen LogP contribution in [0.3, 0.4) is 0 Å². The van der Waals surface area contributed by atoms with Crippen LogP contribution in [0.2, 0.25) is 0 Å². The van der Waals surface area contributed by atoms with Gasteiger partial charge >= 0.3 is 0 Å². The maximum absolute atomic E-state index is 5.97. The highest BCUT2D eigenvalue weighted by Gasteiger charge is 2.30. The molecule has 2 heterocycles. The first-order valence-corrected chi connectivity index (χ1v) is 7.98. The quantitative estimate of drug-likeness (QED) is 0.926. The van der Waals surface area contributed by atoms with E-state index in [-0.39, 0.29) is 6.10 Å². The molecule has 3 rings (SSSR count). The Morgan fingerprint density at radius 2 is 1.95 bits per heavy atom. The third-order valence-corrected chi connectivity index (χ3v) is 4.10. The third kappa shape index (κ3) is 3.50.